The van der Waals surface area contributed by atoms with E-state index < -0.39 is 5.60 Å². The van der Waals surface area contributed by atoms with Crippen molar-refractivity contribution in [2.24, 2.45) is 0 Å². The SMILES string of the molecule is CCOc1ccc(NC(=O)[C@@](C)(CC)OCC)cc1. The van der Waals surface area contributed by atoms with Gasteiger partial charge in [-0.3, -0.25) is 4.79 Å². The predicted molar refractivity (Wildman–Crippen MR) is 76.6 cm³/mol. The quantitative estimate of drug-likeness (QED) is 0.823. The number of ether oxygens (including phenoxy) is 2. The first-order valence-electron chi connectivity index (χ1n) is 6.74. The van der Waals surface area contributed by atoms with Crippen molar-refractivity contribution >= 4 is 11.6 Å². The third-order valence-corrected chi connectivity index (χ3v) is 3.04. The molecule has 0 bridgehead atoms. The van der Waals surface area contributed by atoms with Crippen LogP contribution in [0.4, 0.5) is 5.69 Å². The van der Waals surface area contributed by atoms with Gasteiger partial charge in [-0.1, -0.05) is 6.92 Å². The van der Waals surface area contributed by atoms with Gasteiger partial charge in [-0.15, -0.1) is 0 Å². The Morgan fingerprint density at radius 1 is 1.16 bits per heavy atom. The lowest BCUT2D eigenvalue weighted by Gasteiger charge is -2.26. The molecule has 19 heavy (non-hydrogen) atoms. The molecule has 4 heteroatoms. The number of anilines is 1. The summed E-state index contributed by atoms with van der Waals surface area (Å²) in [6.07, 6.45) is 0.629. The maximum absolute atomic E-state index is 12.2. The lowest BCUT2D eigenvalue weighted by Crippen LogP contribution is -2.42. The molecule has 0 radical (unpaired) electrons. The molecule has 1 N–H and O–H groups in total. The zero-order valence-corrected chi connectivity index (χ0v) is 12.2. The van der Waals surface area contributed by atoms with Crippen molar-refractivity contribution in [3.63, 3.8) is 0 Å². The van der Waals surface area contributed by atoms with E-state index in [1.807, 2.05) is 45.0 Å². The van der Waals surface area contributed by atoms with E-state index >= 15 is 0 Å². The first kappa shape index (κ1) is 15.5. The molecular formula is C15H23NO3. The van der Waals surface area contributed by atoms with Crippen LogP contribution in [-0.4, -0.2) is 24.7 Å². The summed E-state index contributed by atoms with van der Waals surface area (Å²) in [7, 11) is 0. The predicted octanol–water partition coefficient (Wildman–Crippen LogP) is 3.23. The van der Waals surface area contributed by atoms with E-state index in [4.69, 9.17) is 9.47 Å². The number of rotatable bonds is 7. The van der Waals surface area contributed by atoms with Gasteiger partial charge in [0.1, 0.15) is 11.4 Å². The van der Waals surface area contributed by atoms with Crippen molar-refractivity contribution in [1.82, 2.24) is 0 Å². The molecule has 0 aliphatic carbocycles. The minimum Gasteiger partial charge on any atom is -0.494 e. The molecular weight excluding hydrogens is 242 g/mol. The Labute approximate surface area is 115 Å². The zero-order valence-electron chi connectivity index (χ0n) is 12.2. The molecule has 1 aromatic rings. The Balaban J connectivity index is 2.70. The van der Waals surface area contributed by atoms with E-state index in [1.165, 1.54) is 0 Å². The first-order valence-corrected chi connectivity index (χ1v) is 6.74. The van der Waals surface area contributed by atoms with Crippen LogP contribution in [0, 0.1) is 0 Å². The fourth-order valence-electron chi connectivity index (χ4n) is 1.71. The molecule has 0 fully saturated rings. The van der Waals surface area contributed by atoms with Gasteiger partial charge in [0.2, 0.25) is 0 Å². The van der Waals surface area contributed by atoms with E-state index in [0.29, 0.717) is 19.6 Å². The molecule has 0 saturated carbocycles. The average Bonchev–Trinajstić information content (AvgIpc) is 2.41. The van der Waals surface area contributed by atoms with E-state index in [1.54, 1.807) is 6.92 Å². The topological polar surface area (TPSA) is 47.6 Å². The van der Waals surface area contributed by atoms with Crippen LogP contribution in [0.3, 0.4) is 0 Å². The smallest absolute Gasteiger partial charge is 0.256 e. The Kier molecular flexibility index (Phi) is 5.83. The molecule has 0 spiro atoms. The number of carbonyl (C=O) groups is 1. The molecule has 0 aromatic heterocycles. The van der Waals surface area contributed by atoms with Crippen LogP contribution >= 0.6 is 0 Å². The molecule has 0 heterocycles. The minimum absolute atomic E-state index is 0.124. The number of hydrogen-bond donors (Lipinski definition) is 1. The van der Waals surface area contributed by atoms with Crippen LogP contribution in [0.15, 0.2) is 24.3 Å². The number of carbonyl (C=O) groups excluding carboxylic acids is 1. The van der Waals surface area contributed by atoms with Gasteiger partial charge < -0.3 is 14.8 Å². The second kappa shape index (κ2) is 7.14. The van der Waals surface area contributed by atoms with Gasteiger partial charge >= 0.3 is 0 Å². The van der Waals surface area contributed by atoms with Crippen molar-refractivity contribution in [2.45, 2.75) is 39.7 Å². The van der Waals surface area contributed by atoms with Crippen molar-refractivity contribution < 1.29 is 14.3 Å². The monoisotopic (exact) mass is 265 g/mol. The van der Waals surface area contributed by atoms with Crippen LogP contribution in [0.25, 0.3) is 0 Å². The Morgan fingerprint density at radius 2 is 1.79 bits per heavy atom. The Morgan fingerprint density at radius 3 is 2.26 bits per heavy atom. The molecule has 0 saturated heterocycles. The lowest BCUT2D eigenvalue weighted by atomic mass is 10.0. The van der Waals surface area contributed by atoms with Crippen LogP contribution in [0.1, 0.15) is 34.1 Å². The van der Waals surface area contributed by atoms with Gasteiger partial charge in [0.05, 0.1) is 6.61 Å². The summed E-state index contributed by atoms with van der Waals surface area (Å²) in [5.74, 6) is 0.671. The molecule has 0 aliphatic heterocycles. The molecule has 1 atom stereocenters. The number of benzene rings is 1. The third kappa shape index (κ3) is 4.24. The summed E-state index contributed by atoms with van der Waals surface area (Å²) >= 11 is 0. The second-order valence-electron chi connectivity index (χ2n) is 4.43. The Hall–Kier alpha value is -1.55. The van der Waals surface area contributed by atoms with Gasteiger partial charge in [0.25, 0.3) is 5.91 Å². The summed E-state index contributed by atoms with van der Waals surface area (Å²) in [5, 5.41) is 2.87. The highest BCUT2D eigenvalue weighted by atomic mass is 16.5. The molecule has 1 aromatic carbocycles. The first-order chi connectivity index (χ1) is 9.05. The number of amides is 1. The van der Waals surface area contributed by atoms with Gasteiger partial charge in [-0.05, 0) is 51.5 Å². The summed E-state index contributed by atoms with van der Waals surface area (Å²) in [5.41, 5.74) is -0.0410. The van der Waals surface area contributed by atoms with Gasteiger partial charge in [-0.25, -0.2) is 0 Å². The Bertz CT molecular complexity index is 402. The molecule has 1 amide bonds. The molecule has 1 rings (SSSR count). The van der Waals surface area contributed by atoms with Gasteiger partial charge in [0.15, 0.2) is 0 Å². The van der Waals surface area contributed by atoms with E-state index in [0.717, 1.165) is 11.4 Å². The summed E-state index contributed by atoms with van der Waals surface area (Å²) in [6, 6.07) is 7.32. The maximum Gasteiger partial charge on any atom is 0.256 e. The normalized spacial score (nSPS) is 13.7. The van der Waals surface area contributed by atoms with E-state index in [9.17, 15) is 4.79 Å². The van der Waals surface area contributed by atoms with Crippen molar-refractivity contribution in [1.29, 1.82) is 0 Å². The highest BCUT2D eigenvalue weighted by Gasteiger charge is 2.31. The second-order valence-corrected chi connectivity index (χ2v) is 4.43. The van der Waals surface area contributed by atoms with Crippen LogP contribution in [-0.2, 0) is 9.53 Å². The standard InChI is InChI=1S/C15H23NO3/c1-5-15(4,19-7-3)14(17)16-12-8-10-13(11-9-12)18-6-2/h8-11H,5-7H2,1-4H3,(H,16,17)/t15-/m1/s1. The fraction of sp³-hybridized carbons (Fsp3) is 0.533. The van der Waals surface area contributed by atoms with Crippen molar-refractivity contribution in [3.05, 3.63) is 24.3 Å². The summed E-state index contributed by atoms with van der Waals surface area (Å²) in [4.78, 5) is 12.2. The largest absolute Gasteiger partial charge is 0.494 e. The van der Waals surface area contributed by atoms with Crippen molar-refractivity contribution in [3.8, 4) is 5.75 Å². The molecule has 0 aliphatic rings. The fourth-order valence-corrected chi connectivity index (χ4v) is 1.71. The van der Waals surface area contributed by atoms with Crippen LogP contribution in [0.5, 0.6) is 5.75 Å². The van der Waals surface area contributed by atoms with Gasteiger partial charge in [-0.2, -0.15) is 0 Å². The average molecular weight is 265 g/mol. The minimum atomic E-state index is -0.784. The third-order valence-electron chi connectivity index (χ3n) is 3.04. The zero-order chi connectivity index (χ0) is 14.3. The molecule has 106 valence electrons. The van der Waals surface area contributed by atoms with Crippen molar-refractivity contribution in [2.75, 3.05) is 18.5 Å². The highest BCUT2D eigenvalue weighted by Crippen LogP contribution is 2.20. The lowest BCUT2D eigenvalue weighted by molar-refractivity contribution is -0.139. The van der Waals surface area contributed by atoms with Crippen LogP contribution < -0.4 is 10.1 Å². The van der Waals surface area contributed by atoms with Crippen LogP contribution in [0.2, 0.25) is 0 Å². The number of hydrogen-bond acceptors (Lipinski definition) is 3. The van der Waals surface area contributed by atoms with E-state index in [2.05, 4.69) is 5.32 Å². The van der Waals surface area contributed by atoms with Gasteiger partial charge in [0, 0.05) is 12.3 Å². The van der Waals surface area contributed by atoms with E-state index in [-0.39, 0.29) is 5.91 Å². The highest BCUT2D eigenvalue weighted by molar-refractivity contribution is 5.97. The number of nitrogens with one attached hydrogen (secondary N) is 1. The summed E-state index contributed by atoms with van der Waals surface area (Å²) in [6.45, 7) is 8.71. The summed E-state index contributed by atoms with van der Waals surface area (Å²) < 4.78 is 10.9. The molecule has 4 nitrogen and oxygen atoms in total. The molecule has 0 unspecified atom stereocenters. The maximum atomic E-state index is 12.2.